The van der Waals surface area contributed by atoms with Crippen molar-refractivity contribution in [2.75, 3.05) is 38.0 Å². The summed E-state index contributed by atoms with van der Waals surface area (Å²) in [5.41, 5.74) is 0.246. The van der Waals surface area contributed by atoms with Gasteiger partial charge < -0.3 is 15.5 Å². The summed E-state index contributed by atoms with van der Waals surface area (Å²) in [6, 6.07) is 1.21. The first-order chi connectivity index (χ1) is 10.1. The molecule has 0 atom stereocenters. The number of nitrogens with zero attached hydrogens (tertiary/aromatic N) is 2. The molecule has 0 aliphatic rings. The van der Waals surface area contributed by atoms with Crippen LogP contribution in [0.4, 0.5) is 10.2 Å². The van der Waals surface area contributed by atoms with E-state index >= 15 is 0 Å². The highest BCUT2D eigenvalue weighted by atomic mass is 19.1. The average Bonchev–Trinajstić information content (AvgIpc) is 2.48. The van der Waals surface area contributed by atoms with Crippen molar-refractivity contribution in [3.63, 3.8) is 0 Å². The molecule has 0 aliphatic heterocycles. The SMILES string of the molecule is CCCN(CC)CCNC(=O)c1cc(F)cnc1NCC. The van der Waals surface area contributed by atoms with Gasteiger partial charge in [0.1, 0.15) is 11.6 Å². The third-order valence-corrected chi connectivity index (χ3v) is 3.14. The van der Waals surface area contributed by atoms with Crippen LogP contribution in [-0.4, -0.2) is 48.5 Å². The highest BCUT2D eigenvalue weighted by molar-refractivity contribution is 5.98. The Labute approximate surface area is 125 Å². The van der Waals surface area contributed by atoms with Crippen molar-refractivity contribution in [2.45, 2.75) is 27.2 Å². The fraction of sp³-hybridized carbons (Fsp3) is 0.600. The second kappa shape index (κ2) is 9.28. The van der Waals surface area contributed by atoms with Gasteiger partial charge in [-0.2, -0.15) is 0 Å². The van der Waals surface area contributed by atoms with E-state index in [2.05, 4.69) is 34.4 Å². The first kappa shape index (κ1) is 17.4. The molecule has 118 valence electrons. The molecule has 5 nitrogen and oxygen atoms in total. The van der Waals surface area contributed by atoms with E-state index < -0.39 is 5.82 Å². The van der Waals surface area contributed by atoms with Crippen molar-refractivity contribution in [3.05, 3.63) is 23.6 Å². The molecule has 0 saturated heterocycles. The van der Waals surface area contributed by atoms with Gasteiger partial charge in [-0.25, -0.2) is 9.37 Å². The fourth-order valence-corrected chi connectivity index (χ4v) is 2.09. The number of rotatable bonds is 9. The van der Waals surface area contributed by atoms with Crippen LogP contribution >= 0.6 is 0 Å². The first-order valence-electron chi connectivity index (χ1n) is 7.52. The molecule has 1 aromatic rings. The Balaban J connectivity index is 2.60. The summed E-state index contributed by atoms with van der Waals surface area (Å²) in [5.74, 6) is -0.397. The van der Waals surface area contributed by atoms with Crippen LogP contribution in [0.2, 0.25) is 0 Å². The van der Waals surface area contributed by atoms with E-state index in [1.807, 2.05) is 6.92 Å². The standard InChI is InChI=1S/C15H25FN4O/c1-4-8-20(6-3)9-7-18-15(21)13-10-12(16)11-19-14(13)17-5-2/h10-11H,4-9H2,1-3H3,(H,17,19)(H,18,21). The lowest BCUT2D eigenvalue weighted by molar-refractivity contribution is 0.0948. The molecule has 0 aromatic carbocycles. The molecular weight excluding hydrogens is 271 g/mol. The van der Waals surface area contributed by atoms with Gasteiger partial charge in [0.25, 0.3) is 5.91 Å². The number of halogens is 1. The summed E-state index contributed by atoms with van der Waals surface area (Å²) >= 11 is 0. The highest BCUT2D eigenvalue weighted by Crippen LogP contribution is 2.13. The monoisotopic (exact) mass is 296 g/mol. The van der Waals surface area contributed by atoms with E-state index in [-0.39, 0.29) is 11.5 Å². The van der Waals surface area contributed by atoms with Crippen LogP contribution in [0.3, 0.4) is 0 Å². The summed E-state index contributed by atoms with van der Waals surface area (Å²) in [6.45, 7) is 10.0. The number of amides is 1. The lowest BCUT2D eigenvalue weighted by atomic mass is 10.2. The number of hydrogen-bond donors (Lipinski definition) is 2. The maximum atomic E-state index is 13.3. The van der Waals surface area contributed by atoms with Crippen molar-refractivity contribution in [2.24, 2.45) is 0 Å². The van der Waals surface area contributed by atoms with Crippen LogP contribution < -0.4 is 10.6 Å². The largest absolute Gasteiger partial charge is 0.370 e. The van der Waals surface area contributed by atoms with E-state index in [4.69, 9.17) is 0 Å². The zero-order valence-corrected chi connectivity index (χ0v) is 13.1. The Bertz CT molecular complexity index is 453. The van der Waals surface area contributed by atoms with Crippen LogP contribution in [0.1, 0.15) is 37.6 Å². The quantitative estimate of drug-likeness (QED) is 0.733. The Morgan fingerprint density at radius 3 is 2.71 bits per heavy atom. The number of nitrogens with one attached hydrogen (secondary N) is 2. The summed E-state index contributed by atoms with van der Waals surface area (Å²) < 4.78 is 13.3. The molecule has 0 aliphatic carbocycles. The van der Waals surface area contributed by atoms with E-state index in [9.17, 15) is 9.18 Å². The molecule has 1 amide bonds. The van der Waals surface area contributed by atoms with Crippen LogP contribution in [-0.2, 0) is 0 Å². The van der Waals surface area contributed by atoms with Crippen molar-refractivity contribution in [1.29, 1.82) is 0 Å². The van der Waals surface area contributed by atoms with E-state index in [1.165, 1.54) is 6.07 Å². The molecule has 0 unspecified atom stereocenters. The van der Waals surface area contributed by atoms with E-state index in [0.29, 0.717) is 18.9 Å². The minimum Gasteiger partial charge on any atom is -0.370 e. The zero-order valence-electron chi connectivity index (χ0n) is 13.1. The second-order valence-corrected chi connectivity index (χ2v) is 4.77. The molecule has 2 N–H and O–H groups in total. The molecule has 21 heavy (non-hydrogen) atoms. The van der Waals surface area contributed by atoms with Crippen molar-refractivity contribution >= 4 is 11.7 Å². The van der Waals surface area contributed by atoms with Gasteiger partial charge in [-0.05, 0) is 32.5 Å². The van der Waals surface area contributed by atoms with Gasteiger partial charge in [0, 0.05) is 19.6 Å². The molecule has 0 radical (unpaired) electrons. The molecule has 1 heterocycles. The number of carbonyl (C=O) groups excluding carboxylic acids is 1. The molecule has 6 heteroatoms. The van der Waals surface area contributed by atoms with Crippen molar-refractivity contribution in [3.8, 4) is 0 Å². The second-order valence-electron chi connectivity index (χ2n) is 4.77. The fourth-order valence-electron chi connectivity index (χ4n) is 2.09. The van der Waals surface area contributed by atoms with Crippen LogP contribution in [0.15, 0.2) is 12.3 Å². The summed E-state index contributed by atoms with van der Waals surface area (Å²) in [6.07, 6.45) is 2.19. The number of anilines is 1. The predicted molar refractivity (Wildman–Crippen MR) is 83.1 cm³/mol. The third kappa shape index (κ3) is 5.67. The number of aromatic nitrogens is 1. The van der Waals surface area contributed by atoms with Gasteiger partial charge in [-0.1, -0.05) is 13.8 Å². The first-order valence-corrected chi connectivity index (χ1v) is 7.52. The lowest BCUT2D eigenvalue weighted by Crippen LogP contribution is -2.35. The highest BCUT2D eigenvalue weighted by Gasteiger charge is 2.13. The number of hydrogen-bond acceptors (Lipinski definition) is 4. The Morgan fingerprint density at radius 2 is 2.10 bits per heavy atom. The zero-order chi connectivity index (χ0) is 15.7. The smallest absolute Gasteiger partial charge is 0.255 e. The number of carbonyl (C=O) groups is 1. The molecule has 1 aromatic heterocycles. The molecular formula is C15H25FN4O. The molecule has 0 saturated carbocycles. The van der Waals surface area contributed by atoms with Crippen LogP contribution in [0.5, 0.6) is 0 Å². The maximum Gasteiger partial charge on any atom is 0.255 e. The van der Waals surface area contributed by atoms with Gasteiger partial charge in [-0.3, -0.25) is 4.79 Å². The maximum absolute atomic E-state index is 13.3. The molecule has 0 spiro atoms. The van der Waals surface area contributed by atoms with Crippen LogP contribution in [0, 0.1) is 5.82 Å². The topological polar surface area (TPSA) is 57.3 Å². The Hall–Kier alpha value is -1.69. The van der Waals surface area contributed by atoms with Crippen molar-refractivity contribution in [1.82, 2.24) is 15.2 Å². The summed E-state index contributed by atoms with van der Waals surface area (Å²) in [5, 5.41) is 5.79. The lowest BCUT2D eigenvalue weighted by Gasteiger charge is -2.19. The van der Waals surface area contributed by atoms with E-state index in [1.54, 1.807) is 0 Å². The predicted octanol–water partition coefficient (Wildman–Crippen LogP) is 2.11. The van der Waals surface area contributed by atoms with E-state index in [0.717, 1.165) is 32.3 Å². The molecule has 0 fully saturated rings. The third-order valence-electron chi connectivity index (χ3n) is 3.14. The van der Waals surface area contributed by atoms with Gasteiger partial charge in [0.15, 0.2) is 0 Å². The minimum atomic E-state index is -0.511. The molecule has 1 rings (SSSR count). The van der Waals surface area contributed by atoms with Gasteiger partial charge in [0.05, 0.1) is 11.8 Å². The number of pyridine rings is 1. The minimum absolute atomic E-state index is 0.246. The van der Waals surface area contributed by atoms with Crippen molar-refractivity contribution < 1.29 is 9.18 Å². The Kier molecular flexibility index (Phi) is 7.68. The normalized spacial score (nSPS) is 10.7. The van der Waals surface area contributed by atoms with Crippen LogP contribution in [0.25, 0.3) is 0 Å². The Morgan fingerprint density at radius 1 is 1.33 bits per heavy atom. The number of likely N-dealkylation sites (N-methyl/N-ethyl adjacent to an activating group) is 1. The van der Waals surface area contributed by atoms with Gasteiger partial charge in [0.2, 0.25) is 0 Å². The summed E-state index contributed by atoms with van der Waals surface area (Å²) in [4.78, 5) is 18.3. The average molecular weight is 296 g/mol. The summed E-state index contributed by atoms with van der Waals surface area (Å²) in [7, 11) is 0. The van der Waals surface area contributed by atoms with Gasteiger partial charge in [-0.15, -0.1) is 0 Å². The molecule has 0 bridgehead atoms. The van der Waals surface area contributed by atoms with Gasteiger partial charge >= 0.3 is 0 Å².